The van der Waals surface area contributed by atoms with Gasteiger partial charge in [-0.3, -0.25) is 14.2 Å². The number of imidazole rings is 1. The Bertz CT molecular complexity index is 1450. The number of para-hydroxylation sites is 2. The minimum absolute atomic E-state index is 0. The van der Waals surface area contributed by atoms with Gasteiger partial charge in [-0.1, -0.05) is 36.4 Å². The number of aromatic nitrogens is 2. The van der Waals surface area contributed by atoms with E-state index in [1.165, 1.54) is 41.3 Å². The number of rotatable bonds is 3. The maximum absolute atomic E-state index is 15.5. The number of halogens is 6. The molecular formula is C28H27ClF5N5O2. The standard InChI is InChI=1S/C28H26F5N5O2.ClH/c1-35-13-15-36(16-14-35)23(39)17-21-20-9-5-6-10-22(20)37(12-11-27(21,29)30)26(40)24-25(28(31,32)33)38(18-34-24)19-7-3-2-4-8-19;/h2-10,17-18H,11-16H2,1H3;1H/b21-17-;. The number of carbonyl (C=O) groups is 2. The van der Waals surface area contributed by atoms with Crippen molar-refractivity contribution < 1.29 is 31.5 Å². The molecule has 3 heterocycles. The zero-order chi connectivity index (χ0) is 28.7. The fraction of sp³-hybridized carbons (Fsp3) is 0.321. The van der Waals surface area contributed by atoms with E-state index in [0.717, 1.165) is 21.9 Å². The topological polar surface area (TPSA) is 61.7 Å². The summed E-state index contributed by atoms with van der Waals surface area (Å²) in [7, 11) is 1.90. The Balaban J connectivity index is 0.00000387. The Morgan fingerprint density at radius 2 is 1.56 bits per heavy atom. The normalized spacial score (nSPS) is 18.4. The summed E-state index contributed by atoms with van der Waals surface area (Å²) >= 11 is 0. The number of piperazine rings is 1. The maximum atomic E-state index is 15.5. The van der Waals surface area contributed by atoms with Gasteiger partial charge in [0.05, 0.1) is 5.69 Å². The molecule has 0 atom stereocenters. The maximum Gasteiger partial charge on any atom is 0.434 e. The molecule has 2 amide bonds. The van der Waals surface area contributed by atoms with Gasteiger partial charge in [0, 0.05) is 62.0 Å². The van der Waals surface area contributed by atoms with Crippen LogP contribution in [0.2, 0.25) is 0 Å². The van der Waals surface area contributed by atoms with Crippen molar-refractivity contribution in [3.8, 4) is 5.69 Å². The fourth-order valence-corrected chi connectivity index (χ4v) is 4.96. The summed E-state index contributed by atoms with van der Waals surface area (Å²) in [5.74, 6) is -5.28. The minimum Gasteiger partial charge on any atom is -0.337 e. The van der Waals surface area contributed by atoms with Crippen molar-refractivity contribution in [3.63, 3.8) is 0 Å². The molecule has 0 unspecified atom stereocenters. The van der Waals surface area contributed by atoms with Crippen LogP contribution in [0.4, 0.5) is 27.6 Å². The SMILES string of the molecule is CN1CCN(C(=O)/C=C2/c3ccccc3N(C(=O)c3ncn(-c4ccccc4)c3C(F)(F)F)CCC2(F)F)CC1.Cl. The van der Waals surface area contributed by atoms with Gasteiger partial charge in [-0.15, -0.1) is 12.4 Å². The molecule has 0 spiro atoms. The number of benzene rings is 2. The van der Waals surface area contributed by atoms with Crippen molar-refractivity contribution >= 4 is 35.5 Å². The van der Waals surface area contributed by atoms with Gasteiger partial charge >= 0.3 is 6.18 Å². The van der Waals surface area contributed by atoms with Crippen LogP contribution in [0.3, 0.4) is 0 Å². The first kappa shape index (κ1) is 30.2. The highest BCUT2D eigenvalue weighted by Gasteiger charge is 2.45. The van der Waals surface area contributed by atoms with Gasteiger partial charge in [-0.05, 0) is 25.2 Å². The summed E-state index contributed by atoms with van der Waals surface area (Å²) in [6.07, 6.45) is -4.07. The molecular weight excluding hydrogens is 569 g/mol. The van der Waals surface area contributed by atoms with E-state index in [2.05, 4.69) is 4.98 Å². The number of hydrogen-bond acceptors (Lipinski definition) is 4. The van der Waals surface area contributed by atoms with Crippen molar-refractivity contribution in [2.24, 2.45) is 0 Å². The third-order valence-electron chi connectivity index (χ3n) is 7.13. The van der Waals surface area contributed by atoms with E-state index >= 15 is 8.78 Å². The Morgan fingerprint density at radius 1 is 0.927 bits per heavy atom. The van der Waals surface area contributed by atoms with E-state index in [4.69, 9.17) is 0 Å². The van der Waals surface area contributed by atoms with Crippen LogP contribution in [-0.4, -0.2) is 76.9 Å². The molecule has 0 bridgehead atoms. The van der Waals surface area contributed by atoms with E-state index in [-0.39, 0.29) is 29.3 Å². The smallest absolute Gasteiger partial charge is 0.337 e. The molecule has 1 fully saturated rings. The van der Waals surface area contributed by atoms with E-state index in [9.17, 15) is 22.8 Å². The first-order valence-electron chi connectivity index (χ1n) is 12.7. The van der Waals surface area contributed by atoms with Crippen LogP contribution < -0.4 is 4.90 Å². The molecule has 5 rings (SSSR count). The van der Waals surface area contributed by atoms with E-state index in [1.807, 2.05) is 11.9 Å². The first-order chi connectivity index (χ1) is 19.0. The van der Waals surface area contributed by atoms with E-state index in [1.54, 1.807) is 18.2 Å². The molecule has 7 nitrogen and oxygen atoms in total. The lowest BCUT2D eigenvalue weighted by Crippen LogP contribution is -2.46. The highest BCUT2D eigenvalue weighted by molar-refractivity contribution is 6.08. The Hall–Kier alpha value is -3.77. The number of amides is 2. The quantitative estimate of drug-likeness (QED) is 0.310. The van der Waals surface area contributed by atoms with Crippen LogP contribution in [0.1, 0.15) is 28.2 Å². The molecule has 2 aromatic carbocycles. The number of anilines is 1. The van der Waals surface area contributed by atoms with Crippen LogP contribution in [0.15, 0.2) is 67.0 Å². The third-order valence-corrected chi connectivity index (χ3v) is 7.13. The molecule has 0 aliphatic carbocycles. The molecule has 0 N–H and O–H groups in total. The lowest BCUT2D eigenvalue weighted by molar-refractivity contribution is -0.142. The largest absolute Gasteiger partial charge is 0.434 e. The molecule has 3 aromatic rings. The highest BCUT2D eigenvalue weighted by atomic mass is 35.5. The number of nitrogens with zero attached hydrogens (tertiary/aromatic N) is 5. The lowest BCUT2D eigenvalue weighted by atomic mass is 9.96. The van der Waals surface area contributed by atoms with Crippen LogP contribution in [-0.2, 0) is 11.0 Å². The van der Waals surface area contributed by atoms with Crippen LogP contribution in [0.25, 0.3) is 11.3 Å². The Morgan fingerprint density at radius 3 is 2.22 bits per heavy atom. The lowest BCUT2D eigenvalue weighted by Gasteiger charge is -2.32. The zero-order valence-corrected chi connectivity index (χ0v) is 22.8. The van der Waals surface area contributed by atoms with Gasteiger partial charge in [0.2, 0.25) is 5.91 Å². The van der Waals surface area contributed by atoms with E-state index in [0.29, 0.717) is 26.2 Å². The van der Waals surface area contributed by atoms with Crippen LogP contribution in [0, 0.1) is 0 Å². The van der Waals surface area contributed by atoms with Crippen molar-refractivity contribution in [2.75, 3.05) is 44.7 Å². The third kappa shape index (κ3) is 5.98. The van der Waals surface area contributed by atoms with Gasteiger partial charge in [0.1, 0.15) is 6.33 Å². The summed E-state index contributed by atoms with van der Waals surface area (Å²) in [6.45, 7) is 1.36. The zero-order valence-electron chi connectivity index (χ0n) is 21.9. The molecule has 41 heavy (non-hydrogen) atoms. The summed E-state index contributed by atoms with van der Waals surface area (Å²) in [5.41, 5.74) is -2.78. The molecule has 0 radical (unpaired) electrons. The second-order valence-corrected chi connectivity index (χ2v) is 9.76. The molecule has 218 valence electrons. The molecule has 1 saturated heterocycles. The Labute approximate surface area is 239 Å². The van der Waals surface area contributed by atoms with Gasteiger partial charge in [-0.25, -0.2) is 13.8 Å². The number of allylic oxidation sites excluding steroid dienone is 1. The van der Waals surface area contributed by atoms with Gasteiger partial charge in [-0.2, -0.15) is 13.2 Å². The molecule has 13 heteroatoms. The van der Waals surface area contributed by atoms with E-state index < -0.39 is 53.8 Å². The summed E-state index contributed by atoms with van der Waals surface area (Å²) in [4.78, 5) is 34.8. The van der Waals surface area contributed by atoms with Gasteiger partial charge in [0.15, 0.2) is 11.4 Å². The van der Waals surface area contributed by atoms with Crippen LogP contribution in [0.5, 0.6) is 0 Å². The number of alkyl halides is 5. The highest BCUT2D eigenvalue weighted by Crippen LogP contribution is 2.44. The van der Waals surface area contributed by atoms with Crippen molar-refractivity contribution in [1.29, 1.82) is 0 Å². The van der Waals surface area contributed by atoms with Gasteiger partial charge in [0.25, 0.3) is 11.8 Å². The minimum atomic E-state index is -4.97. The second kappa shape index (κ2) is 11.6. The van der Waals surface area contributed by atoms with Crippen LogP contribution >= 0.6 is 12.4 Å². The summed E-state index contributed by atoms with van der Waals surface area (Å²) in [6, 6.07) is 13.3. The average Bonchev–Trinajstić information content (AvgIpc) is 3.35. The Kier molecular flexibility index (Phi) is 8.55. The summed E-state index contributed by atoms with van der Waals surface area (Å²) < 4.78 is 74.6. The van der Waals surface area contributed by atoms with Crippen molar-refractivity contribution in [1.82, 2.24) is 19.4 Å². The number of hydrogen-bond donors (Lipinski definition) is 0. The number of carbonyl (C=O) groups excluding carboxylic acids is 2. The molecule has 2 aliphatic rings. The number of likely N-dealkylation sites (N-methyl/N-ethyl adjacent to an activating group) is 1. The average molecular weight is 596 g/mol. The fourth-order valence-electron chi connectivity index (χ4n) is 4.96. The van der Waals surface area contributed by atoms with Crippen molar-refractivity contribution in [2.45, 2.75) is 18.5 Å². The first-order valence-corrected chi connectivity index (χ1v) is 12.7. The number of fused-ring (bicyclic) bond motifs is 1. The predicted molar refractivity (Wildman–Crippen MR) is 146 cm³/mol. The van der Waals surface area contributed by atoms with Gasteiger partial charge < -0.3 is 14.7 Å². The molecule has 2 aliphatic heterocycles. The summed E-state index contributed by atoms with van der Waals surface area (Å²) in [5, 5.41) is 0. The second-order valence-electron chi connectivity index (χ2n) is 9.76. The monoisotopic (exact) mass is 595 g/mol. The van der Waals surface area contributed by atoms with Crippen molar-refractivity contribution in [3.05, 3.63) is 84.0 Å². The molecule has 1 aromatic heterocycles. The molecule has 0 saturated carbocycles. The predicted octanol–water partition coefficient (Wildman–Crippen LogP) is 5.16.